The number of urea groups is 1. The molecule has 0 radical (unpaired) electrons. The Bertz CT molecular complexity index is 872. The van der Waals surface area contributed by atoms with Crippen molar-refractivity contribution in [3.8, 4) is 0 Å². The molecule has 2 N–H and O–H groups in total. The summed E-state index contributed by atoms with van der Waals surface area (Å²) in [5.74, 6) is 0. The maximum atomic E-state index is 12.7. The molecule has 0 saturated carbocycles. The molecule has 0 bridgehead atoms. The highest BCUT2D eigenvalue weighted by molar-refractivity contribution is 5.81. The van der Waals surface area contributed by atoms with Crippen molar-refractivity contribution < 1.29 is 4.79 Å². The molecule has 1 atom stereocenters. The fourth-order valence-electron chi connectivity index (χ4n) is 3.74. The molecule has 2 amide bonds. The van der Waals surface area contributed by atoms with E-state index in [-0.39, 0.29) is 12.1 Å². The van der Waals surface area contributed by atoms with E-state index in [0.717, 1.165) is 54.3 Å². The largest absolute Gasteiger partial charge is 0.338 e. The van der Waals surface area contributed by atoms with Crippen LogP contribution < -0.4 is 5.32 Å². The summed E-state index contributed by atoms with van der Waals surface area (Å²) in [5.41, 5.74) is 3.25. The predicted molar refractivity (Wildman–Crippen MR) is 101 cm³/mol. The van der Waals surface area contributed by atoms with Crippen molar-refractivity contribution in [1.29, 1.82) is 0 Å². The smallest absolute Gasteiger partial charge is 0.317 e. The number of benzene rings is 1. The van der Waals surface area contributed by atoms with E-state index in [2.05, 4.69) is 38.7 Å². The maximum absolute atomic E-state index is 12.7. The number of carbonyl (C=O) groups is 1. The van der Waals surface area contributed by atoms with Crippen molar-refractivity contribution in [2.24, 2.45) is 0 Å². The maximum Gasteiger partial charge on any atom is 0.317 e. The highest BCUT2D eigenvalue weighted by Gasteiger charge is 2.28. The molecule has 0 aliphatic carbocycles. The van der Waals surface area contributed by atoms with Crippen LogP contribution in [0, 0.1) is 0 Å². The first-order chi connectivity index (χ1) is 12.8. The molecule has 1 fully saturated rings. The number of H-pyrrole nitrogens is 1. The molecule has 3 heterocycles. The number of para-hydroxylation sites is 1. The number of aromatic nitrogens is 3. The van der Waals surface area contributed by atoms with Crippen molar-refractivity contribution >= 4 is 16.9 Å². The van der Waals surface area contributed by atoms with Crippen molar-refractivity contribution in [3.05, 3.63) is 60.0 Å². The van der Waals surface area contributed by atoms with Gasteiger partial charge in [0.1, 0.15) is 0 Å². The van der Waals surface area contributed by atoms with Gasteiger partial charge in [-0.1, -0.05) is 24.3 Å². The van der Waals surface area contributed by atoms with Crippen LogP contribution in [0.2, 0.25) is 0 Å². The Morgan fingerprint density at radius 2 is 2.19 bits per heavy atom. The van der Waals surface area contributed by atoms with E-state index in [0.29, 0.717) is 6.54 Å². The molecule has 1 saturated heterocycles. The number of fused-ring (bicyclic) bond motifs is 1. The van der Waals surface area contributed by atoms with E-state index in [1.807, 2.05) is 35.6 Å². The van der Waals surface area contributed by atoms with Gasteiger partial charge in [0, 0.05) is 36.4 Å². The number of carbonyl (C=O) groups excluding carboxylic acids is 1. The van der Waals surface area contributed by atoms with E-state index >= 15 is 0 Å². The quantitative estimate of drug-likeness (QED) is 0.758. The molecule has 2 aromatic heterocycles. The second kappa shape index (κ2) is 7.56. The van der Waals surface area contributed by atoms with E-state index in [1.54, 1.807) is 0 Å². The molecular weight excluding hydrogens is 326 g/mol. The van der Waals surface area contributed by atoms with Gasteiger partial charge in [0.2, 0.25) is 0 Å². The van der Waals surface area contributed by atoms with Crippen LogP contribution in [0.4, 0.5) is 4.79 Å². The molecule has 26 heavy (non-hydrogen) atoms. The van der Waals surface area contributed by atoms with Crippen molar-refractivity contribution in [2.75, 3.05) is 13.1 Å². The summed E-state index contributed by atoms with van der Waals surface area (Å²) < 4.78 is 0. The van der Waals surface area contributed by atoms with Gasteiger partial charge in [-0.25, -0.2) is 4.79 Å². The standard InChI is InChI=1S/C20H23N5O/c26-20(25-12-2-1-8-18(25)17-13-23-24-14-17)22-11-9-16-6-3-5-15-7-4-10-21-19(15)16/h3-7,10,13-14,18H,1-2,8-9,11-12H2,(H,22,26)(H,23,24)/t18-/m1/s1. The van der Waals surface area contributed by atoms with Crippen LogP contribution in [0.5, 0.6) is 0 Å². The molecule has 1 aliphatic rings. The number of hydrogen-bond acceptors (Lipinski definition) is 3. The van der Waals surface area contributed by atoms with Crippen LogP contribution in [-0.2, 0) is 6.42 Å². The molecule has 0 unspecified atom stereocenters. The van der Waals surface area contributed by atoms with Crippen LogP contribution in [0.25, 0.3) is 10.9 Å². The summed E-state index contributed by atoms with van der Waals surface area (Å²) in [7, 11) is 0. The fraction of sp³-hybridized carbons (Fsp3) is 0.350. The van der Waals surface area contributed by atoms with Gasteiger partial charge in [0.15, 0.2) is 0 Å². The van der Waals surface area contributed by atoms with Gasteiger partial charge in [-0.3, -0.25) is 10.1 Å². The molecule has 0 spiro atoms. The Kier molecular flexibility index (Phi) is 4.82. The minimum Gasteiger partial charge on any atom is -0.338 e. The Balaban J connectivity index is 1.40. The molecule has 4 rings (SSSR count). The Labute approximate surface area is 152 Å². The zero-order valence-electron chi connectivity index (χ0n) is 14.7. The molecule has 6 nitrogen and oxygen atoms in total. The van der Waals surface area contributed by atoms with Gasteiger partial charge in [0.25, 0.3) is 0 Å². The zero-order valence-corrected chi connectivity index (χ0v) is 14.7. The molecule has 134 valence electrons. The lowest BCUT2D eigenvalue weighted by Crippen LogP contribution is -2.45. The third kappa shape index (κ3) is 3.40. The summed E-state index contributed by atoms with van der Waals surface area (Å²) in [6, 6.07) is 10.3. The SMILES string of the molecule is O=C(NCCc1cccc2cccnc12)N1CCCC[C@@H]1c1cn[nH]c1. The number of piperidine rings is 1. The lowest BCUT2D eigenvalue weighted by molar-refractivity contribution is 0.151. The normalized spacial score (nSPS) is 17.4. The van der Waals surface area contributed by atoms with Crippen molar-refractivity contribution in [1.82, 2.24) is 25.4 Å². The summed E-state index contributed by atoms with van der Waals surface area (Å²) in [6.07, 6.45) is 9.46. The number of hydrogen-bond donors (Lipinski definition) is 2. The zero-order chi connectivity index (χ0) is 17.8. The summed E-state index contributed by atoms with van der Waals surface area (Å²) in [6.45, 7) is 1.39. The number of likely N-dealkylation sites (tertiary alicyclic amines) is 1. The van der Waals surface area contributed by atoms with Gasteiger partial charge in [-0.05, 0) is 37.3 Å². The summed E-state index contributed by atoms with van der Waals surface area (Å²) in [4.78, 5) is 19.1. The minimum absolute atomic E-state index is 0.00379. The van der Waals surface area contributed by atoms with Crippen molar-refractivity contribution in [2.45, 2.75) is 31.7 Å². The third-order valence-corrected chi connectivity index (χ3v) is 5.05. The van der Waals surface area contributed by atoms with Gasteiger partial charge in [-0.15, -0.1) is 0 Å². The lowest BCUT2D eigenvalue weighted by atomic mass is 9.98. The third-order valence-electron chi connectivity index (χ3n) is 5.05. The van der Waals surface area contributed by atoms with E-state index < -0.39 is 0 Å². The lowest BCUT2D eigenvalue weighted by Gasteiger charge is -2.35. The molecule has 1 aromatic carbocycles. The number of nitrogens with one attached hydrogen (secondary N) is 2. The minimum atomic E-state index is 0.00379. The second-order valence-corrected chi connectivity index (χ2v) is 6.71. The number of nitrogens with zero attached hydrogens (tertiary/aromatic N) is 3. The second-order valence-electron chi connectivity index (χ2n) is 6.71. The first-order valence-electron chi connectivity index (χ1n) is 9.19. The van der Waals surface area contributed by atoms with Crippen LogP contribution in [-0.4, -0.2) is 39.2 Å². The van der Waals surface area contributed by atoms with Crippen LogP contribution in [0.15, 0.2) is 48.9 Å². The topological polar surface area (TPSA) is 73.9 Å². The molecule has 3 aromatic rings. The predicted octanol–water partition coefficient (Wildman–Crippen LogP) is 3.44. The van der Waals surface area contributed by atoms with Crippen molar-refractivity contribution in [3.63, 3.8) is 0 Å². The van der Waals surface area contributed by atoms with Crippen LogP contribution >= 0.6 is 0 Å². The average Bonchev–Trinajstić information content (AvgIpc) is 3.23. The molecule has 6 heteroatoms. The summed E-state index contributed by atoms with van der Waals surface area (Å²) in [5, 5.41) is 11.1. The van der Waals surface area contributed by atoms with E-state index in [1.165, 1.54) is 0 Å². The number of pyridine rings is 1. The number of rotatable bonds is 4. The highest BCUT2D eigenvalue weighted by atomic mass is 16.2. The van der Waals surface area contributed by atoms with Gasteiger partial charge >= 0.3 is 6.03 Å². The monoisotopic (exact) mass is 349 g/mol. The van der Waals surface area contributed by atoms with Gasteiger partial charge in [0.05, 0.1) is 17.8 Å². The highest BCUT2D eigenvalue weighted by Crippen LogP contribution is 2.30. The number of aromatic amines is 1. The number of amides is 2. The van der Waals surface area contributed by atoms with Gasteiger partial charge in [-0.2, -0.15) is 5.10 Å². The molecule has 1 aliphatic heterocycles. The Hall–Kier alpha value is -2.89. The van der Waals surface area contributed by atoms with Gasteiger partial charge < -0.3 is 10.2 Å². The van der Waals surface area contributed by atoms with Crippen LogP contribution in [0.1, 0.15) is 36.4 Å². The summed E-state index contributed by atoms with van der Waals surface area (Å²) >= 11 is 0. The van der Waals surface area contributed by atoms with Crippen LogP contribution in [0.3, 0.4) is 0 Å². The first-order valence-corrected chi connectivity index (χ1v) is 9.19. The fourth-order valence-corrected chi connectivity index (χ4v) is 3.74. The molecular formula is C20H23N5O. The van der Waals surface area contributed by atoms with E-state index in [9.17, 15) is 4.79 Å². The average molecular weight is 349 g/mol. The Morgan fingerprint density at radius 3 is 3.08 bits per heavy atom. The van der Waals surface area contributed by atoms with E-state index in [4.69, 9.17) is 0 Å². The first kappa shape index (κ1) is 16.6. The Morgan fingerprint density at radius 1 is 1.27 bits per heavy atom.